The predicted octanol–water partition coefficient (Wildman–Crippen LogP) is 5.14. The molecular formula is C27H34BrN5O. The highest BCUT2D eigenvalue weighted by Gasteiger charge is 2.28. The number of para-hydroxylation sites is 1. The van der Waals surface area contributed by atoms with Gasteiger partial charge in [-0.3, -0.25) is 4.79 Å². The molecule has 1 aliphatic rings. The van der Waals surface area contributed by atoms with Gasteiger partial charge < -0.3 is 14.7 Å². The zero-order valence-corrected chi connectivity index (χ0v) is 22.0. The Labute approximate surface area is 211 Å². The molecule has 1 saturated heterocycles. The van der Waals surface area contributed by atoms with Crippen LogP contribution >= 0.6 is 15.9 Å². The van der Waals surface area contributed by atoms with E-state index in [4.69, 9.17) is 5.10 Å². The van der Waals surface area contributed by atoms with Gasteiger partial charge in [0.2, 0.25) is 0 Å². The molecule has 1 amide bonds. The topological polar surface area (TPSA) is 44.6 Å². The molecule has 2 heterocycles. The second-order valence-electron chi connectivity index (χ2n) is 8.76. The van der Waals surface area contributed by atoms with Crippen LogP contribution in [0.25, 0.3) is 5.69 Å². The fourth-order valence-electron chi connectivity index (χ4n) is 4.60. The molecule has 0 spiro atoms. The van der Waals surface area contributed by atoms with Crippen LogP contribution in [-0.2, 0) is 6.54 Å². The molecule has 0 aliphatic carbocycles. The summed E-state index contributed by atoms with van der Waals surface area (Å²) in [6, 6.07) is 18.0. The van der Waals surface area contributed by atoms with Gasteiger partial charge in [0.05, 0.1) is 23.5 Å². The number of aromatic nitrogens is 2. The van der Waals surface area contributed by atoms with E-state index in [1.165, 1.54) is 0 Å². The van der Waals surface area contributed by atoms with Gasteiger partial charge in [-0.05, 0) is 60.1 Å². The van der Waals surface area contributed by atoms with Crippen molar-refractivity contribution in [1.29, 1.82) is 0 Å². The highest BCUT2D eigenvalue weighted by molar-refractivity contribution is 9.10. The minimum atomic E-state index is 0.0444. The summed E-state index contributed by atoms with van der Waals surface area (Å²) >= 11 is 3.56. The smallest absolute Gasteiger partial charge is 0.255 e. The second-order valence-corrected chi connectivity index (χ2v) is 9.62. The Hall–Kier alpha value is -2.64. The average molecular weight is 525 g/mol. The van der Waals surface area contributed by atoms with Crippen LogP contribution in [0, 0.1) is 6.92 Å². The lowest BCUT2D eigenvalue weighted by Gasteiger charge is -2.36. The Bertz CT molecular complexity index is 1110. The lowest BCUT2D eigenvalue weighted by molar-refractivity contribution is 0.0742. The van der Waals surface area contributed by atoms with Crippen molar-refractivity contribution in [3.63, 3.8) is 0 Å². The SMILES string of the molecule is CCCN(Cc1c(C)nn(-c2ccccc2)c1N1CCN(CC)CC1)C(=O)c1ccccc1Br. The van der Waals surface area contributed by atoms with Crippen LogP contribution in [0.4, 0.5) is 5.82 Å². The zero-order chi connectivity index (χ0) is 24.1. The third-order valence-electron chi connectivity index (χ3n) is 6.51. The van der Waals surface area contributed by atoms with Gasteiger partial charge in [-0.25, -0.2) is 4.68 Å². The van der Waals surface area contributed by atoms with Gasteiger partial charge in [-0.1, -0.05) is 44.2 Å². The number of benzene rings is 2. The lowest BCUT2D eigenvalue weighted by atomic mass is 10.1. The molecule has 0 saturated carbocycles. The number of carbonyl (C=O) groups excluding carboxylic acids is 1. The molecule has 0 bridgehead atoms. The van der Waals surface area contributed by atoms with Crippen LogP contribution in [-0.4, -0.2) is 64.8 Å². The van der Waals surface area contributed by atoms with Crippen LogP contribution in [0.3, 0.4) is 0 Å². The molecule has 0 unspecified atom stereocenters. The quantitative estimate of drug-likeness (QED) is 0.410. The third-order valence-corrected chi connectivity index (χ3v) is 7.20. The number of nitrogens with zero attached hydrogens (tertiary/aromatic N) is 5. The van der Waals surface area contributed by atoms with E-state index in [1.54, 1.807) is 0 Å². The molecular weight excluding hydrogens is 490 g/mol. The summed E-state index contributed by atoms with van der Waals surface area (Å²) in [5, 5.41) is 4.97. The summed E-state index contributed by atoms with van der Waals surface area (Å²) in [5.41, 5.74) is 3.84. The molecule has 2 aromatic carbocycles. The van der Waals surface area contributed by atoms with Crippen LogP contribution in [0.2, 0.25) is 0 Å². The number of aryl methyl sites for hydroxylation is 1. The maximum absolute atomic E-state index is 13.6. The minimum absolute atomic E-state index is 0.0444. The first-order chi connectivity index (χ1) is 16.5. The largest absolute Gasteiger partial charge is 0.354 e. The molecule has 6 nitrogen and oxygen atoms in total. The van der Waals surface area contributed by atoms with E-state index >= 15 is 0 Å². The second kappa shape index (κ2) is 11.2. The number of likely N-dealkylation sites (N-methyl/N-ethyl adjacent to an activating group) is 1. The lowest BCUT2D eigenvalue weighted by Crippen LogP contribution is -2.47. The van der Waals surface area contributed by atoms with E-state index in [1.807, 2.05) is 47.4 Å². The van der Waals surface area contributed by atoms with Crippen molar-refractivity contribution in [1.82, 2.24) is 19.6 Å². The molecule has 4 rings (SSSR count). The Balaban J connectivity index is 1.73. The first-order valence-electron chi connectivity index (χ1n) is 12.2. The molecule has 1 fully saturated rings. The van der Waals surface area contributed by atoms with Crippen molar-refractivity contribution < 1.29 is 4.79 Å². The standard InChI is InChI=1S/C27H34BrN5O/c1-4-15-32(27(34)23-13-9-10-14-25(23)28)20-24-21(3)29-33(22-11-7-6-8-12-22)26(24)31-18-16-30(5-2)17-19-31/h6-14H,4-5,15-20H2,1-3H3. The highest BCUT2D eigenvalue weighted by atomic mass is 79.9. The Morgan fingerprint density at radius 1 is 1.00 bits per heavy atom. The van der Waals surface area contributed by atoms with E-state index in [-0.39, 0.29) is 5.91 Å². The maximum atomic E-state index is 13.6. The molecule has 7 heteroatoms. The van der Waals surface area contributed by atoms with Crippen molar-refractivity contribution in [2.24, 2.45) is 0 Å². The van der Waals surface area contributed by atoms with Crippen molar-refractivity contribution in [2.75, 3.05) is 44.2 Å². The summed E-state index contributed by atoms with van der Waals surface area (Å²) < 4.78 is 2.90. The molecule has 3 aromatic rings. The van der Waals surface area contributed by atoms with Crippen molar-refractivity contribution >= 4 is 27.7 Å². The molecule has 1 aromatic heterocycles. The molecule has 180 valence electrons. The summed E-state index contributed by atoms with van der Waals surface area (Å²) in [4.78, 5) is 20.5. The van der Waals surface area contributed by atoms with E-state index in [0.29, 0.717) is 18.7 Å². The van der Waals surface area contributed by atoms with Crippen molar-refractivity contribution in [2.45, 2.75) is 33.7 Å². The zero-order valence-electron chi connectivity index (χ0n) is 20.4. The van der Waals surface area contributed by atoms with Crippen LogP contribution < -0.4 is 4.90 Å². The molecule has 0 atom stereocenters. The number of hydrogen-bond donors (Lipinski definition) is 0. The number of hydrogen-bond acceptors (Lipinski definition) is 4. The van der Waals surface area contributed by atoms with Gasteiger partial charge in [-0.15, -0.1) is 0 Å². The number of piperazine rings is 1. The van der Waals surface area contributed by atoms with Gasteiger partial charge in [0.25, 0.3) is 5.91 Å². The van der Waals surface area contributed by atoms with Gasteiger partial charge in [-0.2, -0.15) is 5.10 Å². The maximum Gasteiger partial charge on any atom is 0.255 e. The van der Waals surface area contributed by atoms with Gasteiger partial charge in [0.1, 0.15) is 5.82 Å². The van der Waals surface area contributed by atoms with E-state index < -0.39 is 0 Å². The molecule has 1 aliphatic heterocycles. The van der Waals surface area contributed by atoms with Gasteiger partial charge >= 0.3 is 0 Å². The van der Waals surface area contributed by atoms with Crippen molar-refractivity contribution in [3.8, 4) is 5.69 Å². The molecule has 0 N–H and O–H groups in total. The molecule has 0 radical (unpaired) electrons. The fourth-order valence-corrected chi connectivity index (χ4v) is 5.05. The summed E-state index contributed by atoms with van der Waals surface area (Å²) in [6.07, 6.45) is 0.895. The Kier molecular flexibility index (Phi) is 8.06. The van der Waals surface area contributed by atoms with E-state index in [2.05, 4.69) is 63.3 Å². The fraction of sp³-hybridized carbons (Fsp3) is 0.407. The normalized spacial score (nSPS) is 14.4. The number of amides is 1. The summed E-state index contributed by atoms with van der Waals surface area (Å²) in [6.45, 7) is 12.7. The van der Waals surface area contributed by atoms with Crippen molar-refractivity contribution in [3.05, 3.63) is 75.9 Å². The third kappa shape index (κ3) is 5.20. The van der Waals surface area contributed by atoms with E-state index in [0.717, 1.165) is 66.4 Å². The first kappa shape index (κ1) is 24.5. The summed E-state index contributed by atoms with van der Waals surface area (Å²) in [7, 11) is 0. The van der Waals surface area contributed by atoms with Gasteiger partial charge in [0, 0.05) is 42.8 Å². The number of halogens is 1. The van der Waals surface area contributed by atoms with Crippen LogP contribution in [0.15, 0.2) is 59.1 Å². The van der Waals surface area contributed by atoms with Gasteiger partial charge in [0.15, 0.2) is 0 Å². The monoisotopic (exact) mass is 523 g/mol. The number of carbonyl (C=O) groups is 1. The minimum Gasteiger partial charge on any atom is -0.354 e. The average Bonchev–Trinajstić information content (AvgIpc) is 3.20. The van der Waals surface area contributed by atoms with E-state index in [9.17, 15) is 4.79 Å². The Morgan fingerprint density at radius 3 is 2.32 bits per heavy atom. The van der Waals surface area contributed by atoms with Crippen LogP contribution in [0.5, 0.6) is 0 Å². The molecule has 34 heavy (non-hydrogen) atoms. The predicted molar refractivity (Wildman–Crippen MR) is 142 cm³/mol. The number of anilines is 1. The summed E-state index contributed by atoms with van der Waals surface area (Å²) in [5.74, 6) is 1.16. The highest BCUT2D eigenvalue weighted by Crippen LogP contribution is 2.30. The number of rotatable bonds is 8. The Morgan fingerprint density at radius 2 is 1.68 bits per heavy atom. The van der Waals surface area contributed by atoms with Crippen LogP contribution in [0.1, 0.15) is 41.9 Å². The first-order valence-corrected chi connectivity index (χ1v) is 13.0.